The lowest BCUT2D eigenvalue weighted by molar-refractivity contribution is 0.0644. The number of nitrogens with two attached hydrogens (primary N) is 1. The number of nitrogens with zero attached hydrogens (tertiary/aromatic N) is 2. The molecule has 4 nitrogen and oxygen atoms in total. The summed E-state index contributed by atoms with van der Waals surface area (Å²) in [6, 6.07) is 9.39. The Hall–Kier alpha value is -1.94. The molecule has 1 aliphatic heterocycles. The summed E-state index contributed by atoms with van der Waals surface area (Å²) >= 11 is 6.02. The van der Waals surface area contributed by atoms with E-state index in [1.807, 2.05) is 11.8 Å². The first-order chi connectivity index (χ1) is 10.0. The van der Waals surface area contributed by atoms with Crippen LogP contribution in [0.15, 0.2) is 30.3 Å². The number of hydrogen-bond donors (Lipinski definition) is 1. The van der Waals surface area contributed by atoms with Crippen LogP contribution in [0.5, 0.6) is 0 Å². The first kappa shape index (κ1) is 14.0. The van der Waals surface area contributed by atoms with Gasteiger partial charge in [-0.05, 0) is 38.1 Å². The minimum atomic E-state index is -0.0624. The molecule has 1 aliphatic rings. The summed E-state index contributed by atoms with van der Waals surface area (Å²) in [5.41, 5.74) is 9.17. The van der Waals surface area contributed by atoms with Crippen LogP contribution < -0.4 is 5.73 Å². The molecule has 1 atom stereocenters. The fourth-order valence-corrected chi connectivity index (χ4v) is 3.15. The molecule has 2 N–H and O–H groups in total. The molecule has 110 valence electrons. The third-order valence-corrected chi connectivity index (χ3v) is 4.57. The van der Waals surface area contributed by atoms with Crippen LogP contribution in [-0.2, 0) is 6.54 Å². The van der Waals surface area contributed by atoms with Gasteiger partial charge in [-0.2, -0.15) is 0 Å². The van der Waals surface area contributed by atoms with Gasteiger partial charge in [-0.3, -0.25) is 4.79 Å². The van der Waals surface area contributed by atoms with E-state index in [4.69, 9.17) is 17.3 Å². The average molecular weight is 304 g/mol. The highest BCUT2D eigenvalue weighted by Gasteiger charge is 2.30. The van der Waals surface area contributed by atoms with Gasteiger partial charge in [-0.1, -0.05) is 17.7 Å². The number of carbonyl (C=O) groups is 1. The average Bonchev–Trinajstić information content (AvgIpc) is 2.84. The molecule has 0 fully saturated rings. The van der Waals surface area contributed by atoms with Gasteiger partial charge in [0, 0.05) is 24.5 Å². The van der Waals surface area contributed by atoms with Crippen LogP contribution in [-0.4, -0.2) is 21.9 Å². The number of fused-ring (bicyclic) bond motifs is 1. The number of aromatic nitrogens is 1. The van der Waals surface area contributed by atoms with Crippen molar-refractivity contribution in [1.82, 2.24) is 9.47 Å². The van der Waals surface area contributed by atoms with E-state index in [-0.39, 0.29) is 11.9 Å². The van der Waals surface area contributed by atoms with E-state index in [1.165, 1.54) is 5.69 Å². The molecule has 0 aliphatic carbocycles. The number of halogens is 1. The Bertz CT molecular complexity index is 708. The highest BCUT2D eigenvalue weighted by atomic mass is 35.5. The van der Waals surface area contributed by atoms with Crippen LogP contribution in [0.25, 0.3) is 0 Å². The maximum atomic E-state index is 12.8. The second-order valence-electron chi connectivity index (χ2n) is 5.43. The number of rotatable bonds is 1. The molecule has 2 aromatic rings. The van der Waals surface area contributed by atoms with Gasteiger partial charge in [0.15, 0.2) is 0 Å². The Morgan fingerprint density at radius 1 is 1.29 bits per heavy atom. The summed E-state index contributed by atoms with van der Waals surface area (Å²) in [7, 11) is 0. The van der Waals surface area contributed by atoms with Crippen molar-refractivity contribution in [2.24, 2.45) is 0 Å². The molecule has 0 bridgehead atoms. The van der Waals surface area contributed by atoms with E-state index in [9.17, 15) is 4.79 Å². The summed E-state index contributed by atoms with van der Waals surface area (Å²) in [6.07, 6.45) is 0. The summed E-state index contributed by atoms with van der Waals surface area (Å²) in [5, 5.41) is 0.421. The molecule has 0 spiro atoms. The maximum absolute atomic E-state index is 12.8. The van der Waals surface area contributed by atoms with Crippen molar-refractivity contribution in [2.75, 3.05) is 12.3 Å². The highest BCUT2D eigenvalue weighted by molar-refractivity contribution is 6.33. The van der Waals surface area contributed by atoms with Crippen molar-refractivity contribution in [3.8, 4) is 0 Å². The molecule has 5 heteroatoms. The molecule has 21 heavy (non-hydrogen) atoms. The van der Waals surface area contributed by atoms with Crippen molar-refractivity contribution in [2.45, 2.75) is 26.4 Å². The summed E-state index contributed by atoms with van der Waals surface area (Å²) in [4.78, 5) is 14.6. The highest BCUT2D eigenvalue weighted by Crippen LogP contribution is 2.31. The topological polar surface area (TPSA) is 51.3 Å². The molecule has 0 radical (unpaired) electrons. The third-order valence-electron chi connectivity index (χ3n) is 4.24. The van der Waals surface area contributed by atoms with Crippen molar-refractivity contribution in [1.29, 1.82) is 0 Å². The second-order valence-corrected chi connectivity index (χ2v) is 5.83. The molecule has 1 aromatic carbocycles. The van der Waals surface area contributed by atoms with Crippen LogP contribution in [0.1, 0.15) is 34.7 Å². The zero-order chi connectivity index (χ0) is 15.1. The number of nitrogen functional groups attached to an aromatic ring is 1. The summed E-state index contributed by atoms with van der Waals surface area (Å²) in [5.74, 6) is -0.0624. The van der Waals surface area contributed by atoms with Crippen molar-refractivity contribution in [3.63, 3.8) is 0 Å². The lowest BCUT2D eigenvalue weighted by Crippen LogP contribution is -2.41. The maximum Gasteiger partial charge on any atom is 0.256 e. The fourth-order valence-electron chi connectivity index (χ4n) is 2.98. The van der Waals surface area contributed by atoms with E-state index in [0.29, 0.717) is 22.8 Å². The van der Waals surface area contributed by atoms with Crippen LogP contribution >= 0.6 is 11.6 Å². The van der Waals surface area contributed by atoms with E-state index in [2.05, 4.69) is 23.6 Å². The van der Waals surface area contributed by atoms with Gasteiger partial charge < -0.3 is 15.2 Å². The number of benzene rings is 1. The summed E-state index contributed by atoms with van der Waals surface area (Å²) < 4.78 is 2.26. The Labute approximate surface area is 129 Å². The van der Waals surface area contributed by atoms with Gasteiger partial charge in [0.1, 0.15) is 0 Å². The molecule has 0 saturated heterocycles. The van der Waals surface area contributed by atoms with Gasteiger partial charge in [0.25, 0.3) is 5.91 Å². The van der Waals surface area contributed by atoms with Crippen molar-refractivity contribution >= 4 is 23.2 Å². The molecule has 2 heterocycles. The number of amides is 1. The zero-order valence-corrected chi connectivity index (χ0v) is 12.9. The van der Waals surface area contributed by atoms with Gasteiger partial charge >= 0.3 is 0 Å². The fraction of sp³-hybridized carbons (Fsp3) is 0.312. The molecular formula is C16H18ClN3O. The molecular weight excluding hydrogens is 286 g/mol. The zero-order valence-electron chi connectivity index (χ0n) is 12.1. The van der Waals surface area contributed by atoms with Crippen molar-refractivity contribution in [3.05, 3.63) is 52.3 Å². The molecule has 1 aromatic heterocycles. The minimum Gasteiger partial charge on any atom is -0.397 e. The van der Waals surface area contributed by atoms with Crippen molar-refractivity contribution < 1.29 is 4.79 Å². The Balaban J connectivity index is 1.95. The smallest absolute Gasteiger partial charge is 0.256 e. The Morgan fingerprint density at radius 3 is 2.81 bits per heavy atom. The standard InChI is InChI=1S/C16H18ClN3O/c1-10-6-7-14-11(2)20(9-8-19(10)14)16(21)12-4-3-5-13(17)15(12)18/h3-7,11H,8-9,18H2,1-2H3. The van der Waals surface area contributed by atoms with Crippen LogP contribution in [0, 0.1) is 6.92 Å². The van der Waals surface area contributed by atoms with E-state index in [0.717, 1.165) is 12.2 Å². The SMILES string of the molecule is Cc1ccc2n1CCN(C(=O)c1cccc(Cl)c1N)C2C. The Morgan fingerprint density at radius 2 is 2.05 bits per heavy atom. The third kappa shape index (κ3) is 2.20. The predicted molar refractivity (Wildman–Crippen MR) is 84.5 cm³/mol. The van der Waals surface area contributed by atoms with E-state index in [1.54, 1.807) is 18.2 Å². The molecule has 3 rings (SSSR count). The minimum absolute atomic E-state index is 0.0262. The van der Waals surface area contributed by atoms with Gasteiger partial charge in [0.05, 0.1) is 22.3 Å². The quantitative estimate of drug-likeness (QED) is 0.822. The van der Waals surface area contributed by atoms with Crippen LogP contribution in [0.2, 0.25) is 5.02 Å². The van der Waals surface area contributed by atoms with Crippen LogP contribution in [0.3, 0.4) is 0 Å². The van der Waals surface area contributed by atoms with Gasteiger partial charge in [0.2, 0.25) is 0 Å². The second kappa shape index (κ2) is 5.11. The first-order valence-electron chi connectivity index (χ1n) is 7.01. The number of hydrogen-bond acceptors (Lipinski definition) is 2. The van der Waals surface area contributed by atoms with E-state index < -0.39 is 0 Å². The lowest BCUT2D eigenvalue weighted by Gasteiger charge is -2.35. The van der Waals surface area contributed by atoms with Gasteiger partial charge in [-0.15, -0.1) is 0 Å². The molecule has 1 amide bonds. The Kier molecular flexibility index (Phi) is 3.41. The first-order valence-corrected chi connectivity index (χ1v) is 7.39. The number of carbonyl (C=O) groups excluding carboxylic acids is 1. The van der Waals surface area contributed by atoms with E-state index >= 15 is 0 Å². The van der Waals surface area contributed by atoms with Crippen LogP contribution in [0.4, 0.5) is 5.69 Å². The largest absolute Gasteiger partial charge is 0.397 e. The lowest BCUT2D eigenvalue weighted by atomic mass is 10.1. The normalized spacial score (nSPS) is 17.7. The number of para-hydroxylation sites is 1. The number of anilines is 1. The molecule has 0 saturated carbocycles. The number of aryl methyl sites for hydroxylation is 1. The summed E-state index contributed by atoms with van der Waals surface area (Å²) in [6.45, 7) is 5.62. The predicted octanol–water partition coefficient (Wildman–Crippen LogP) is 3.25. The monoisotopic (exact) mass is 303 g/mol. The van der Waals surface area contributed by atoms with Gasteiger partial charge in [-0.25, -0.2) is 0 Å². The molecule has 1 unspecified atom stereocenters.